The van der Waals surface area contributed by atoms with Crippen molar-refractivity contribution in [2.24, 2.45) is 5.18 Å². The number of carbonyl (C=O) groups is 1. The largest absolute Gasteiger partial charge is 0.508 e. The van der Waals surface area contributed by atoms with Gasteiger partial charge in [-0.3, -0.25) is 4.79 Å². The molecule has 5 unspecified atom stereocenters. The van der Waals surface area contributed by atoms with E-state index >= 15 is 0 Å². The van der Waals surface area contributed by atoms with Crippen LogP contribution in [0.2, 0.25) is 0 Å². The Hall–Kier alpha value is -6.09. The Bertz CT molecular complexity index is 2030. The van der Waals surface area contributed by atoms with E-state index in [9.17, 15) is 55.7 Å². The zero-order valence-corrected chi connectivity index (χ0v) is 23.4. The summed E-state index contributed by atoms with van der Waals surface area (Å²) in [5.41, 5.74) is -3.20. The fourth-order valence-corrected chi connectivity index (χ4v) is 6.62. The second-order valence-electron chi connectivity index (χ2n) is 11.3. The van der Waals surface area contributed by atoms with Crippen LogP contribution in [0.25, 0.3) is 0 Å². The third-order valence-corrected chi connectivity index (χ3v) is 8.78. The summed E-state index contributed by atoms with van der Waals surface area (Å²) >= 11 is 0. The molecule has 0 spiro atoms. The van der Waals surface area contributed by atoms with Gasteiger partial charge in [0.25, 0.3) is 0 Å². The SMILES string of the molecule is CC12c3c(O)cc(O)cc3OC(c3ccc(O)c(O)c3)(Oc3cc4c(c(O)c31)C(=O)C(N=O)C(c1ccc(O)c(O)c1O)O4)C2O. The molecule has 9 N–H and O–H groups in total. The minimum Gasteiger partial charge on any atom is -0.508 e. The number of hydrogen-bond donors (Lipinski definition) is 9. The lowest BCUT2D eigenvalue weighted by molar-refractivity contribution is -0.233. The van der Waals surface area contributed by atoms with Gasteiger partial charge >= 0.3 is 5.79 Å². The van der Waals surface area contributed by atoms with Crippen LogP contribution in [0.15, 0.2) is 53.7 Å². The van der Waals surface area contributed by atoms with E-state index in [1.165, 1.54) is 13.0 Å². The van der Waals surface area contributed by atoms with Crippen molar-refractivity contribution >= 4 is 5.78 Å². The van der Waals surface area contributed by atoms with E-state index in [1.807, 2.05) is 0 Å². The van der Waals surface area contributed by atoms with Gasteiger partial charge in [-0.15, -0.1) is 4.91 Å². The smallest absolute Gasteiger partial charge is 0.305 e. The highest BCUT2D eigenvalue weighted by Gasteiger charge is 2.66. The van der Waals surface area contributed by atoms with Crippen molar-refractivity contribution in [2.45, 2.75) is 36.4 Å². The molecule has 3 aliphatic rings. The Labute approximate surface area is 256 Å². The number of hydrogen-bond acceptors (Lipinski definition) is 15. The molecule has 3 heterocycles. The van der Waals surface area contributed by atoms with Gasteiger partial charge in [-0.25, -0.2) is 0 Å². The van der Waals surface area contributed by atoms with Crippen molar-refractivity contribution < 1.29 is 65.0 Å². The van der Waals surface area contributed by atoms with Gasteiger partial charge in [0.15, 0.2) is 35.1 Å². The van der Waals surface area contributed by atoms with E-state index in [4.69, 9.17) is 14.2 Å². The van der Waals surface area contributed by atoms with Crippen LogP contribution in [0.3, 0.4) is 0 Å². The lowest BCUT2D eigenvalue weighted by atomic mass is 9.63. The van der Waals surface area contributed by atoms with E-state index in [2.05, 4.69) is 5.18 Å². The topological polar surface area (TPSA) is 256 Å². The summed E-state index contributed by atoms with van der Waals surface area (Å²) in [6, 6.07) is 6.80. The molecule has 0 amide bonds. The van der Waals surface area contributed by atoms with Crippen molar-refractivity contribution in [3.63, 3.8) is 0 Å². The Morgan fingerprint density at radius 1 is 0.717 bits per heavy atom. The number of phenols is 8. The number of Topliss-reactive ketones (excluding diaryl/α,β-unsaturated/α-hetero) is 1. The molecule has 4 aromatic rings. The van der Waals surface area contributed by atoms with Crippen LogP contribution in [0.1, 0.15) is 45.6 Å². The van der Waals surface area contributed by atoms with Gasteiger partial charge in [0.05, 0.1) is 11.0 Å². The van der Waals surface area contributed by atoms with Crippen LogP contribution in [0, 0.1) is 4.91 Å². The van der Waals surface area contributed by atoms with Crippen LogP contribution in [-0.4, -0.2) is 63.9 Å². The molecule has 4 aromatic carbocycles. The Morgan fingerprint density at radius 2 is 1.39 bits per heavy atom. The first-order chi connectivity index (χ1) is 21.7. The third kappa shape index (κ3) is 3.48. The predicted molar refractivity (Wildman–Crippen MR) is 152 cm³/mol. The third-order valence-electron chi connectivity index (χ3n) is 8.78. The van der Waals surface area contributed by atoms with Gasteiger partial charge in [-0.05, 0) is 37.3 Å². The first-order valence-corrected chi connectivity index (χ1v) is 13.6. The maximum Gasteiger partial charge on any atom is 0.305 e. The van der Waals surface area contributed by atoms with Gasteiger partial charge < -0.3 is 60.2 Å². The predicted octanol–water partition coefficient (Wildman–Crippen LogP) is 3.09. The summed E-state index contributed by atoms with van der Waals surface area (Å²) < 4.78 is 18.3. The number of fused-ring (bicyclic) bond motifs is 7. The van der Waals surface area contributed by atoms with E-state index in [-0.39, 0.29) is 39.5 Å². The number of benzene rings is 4. The minimum atomic E-state index is -2.28. The summed E-state index contributed by atoms with van der Waals surface area (Å²) in [7, 11) is 0. The second-order valence-corrected chi connectivity index (χ2v) is 11.3. The molecule has 0 saturated heterocycles. The molecule has 0 fully saturated rings. The number of phenolic OH excluding ortho intramolecular Hbond substituents is 8. The molecule has 15 heteroatoms. The molecular weight excluding hydrogens is 610 g/mol. The summed E-state index contributed by atoms with van der Waals surface area (Å²) in [6.45, 7) is 1.39. The molecule has 2 bridgehead atoms. The maximum absolute atomic E-state index is 13.8. The van der Waals surface area contributed by atoms with Crippen LogP contribution in [0.5, 0.6) is 63.2 Å². The number of ether oxygens (including phenoxy) is 3. The van der Waals surface area contributed by atoms with Gasteiger partial charge in [0.1, 0.15) is 46.2 Å². The summed E-state index contributed by atoms with van der Waals surface area (Å²) in [6.07, 6.45) is -3.52. The van der Waals surface area contributed by atoms with E-state index in [0.717, 1.165) is 42.5 Å². The number of carbonyl (C=O) groups excluding carboxylic acids is 1. The van der Waals surface area contributed by atoms with Crippen molar-refractivity contribution in [3.8, 4) is 63.2 Å². The van der Waals surface area contributed by atoms with Crippen LogP contribution in [-0.2, 0) is 11.2 Å². The van der Waals surface area contributed by atoms with Crippen LogP contribution >= 0.6 is 0 Å². The average molecular weight is 634 g/mol. The normalized spacial score (nSPS) is 25.6. The highest BCUT2D eigenvalue weighted by Crippen LogP contribution is 2.64. The molecule has 3 aliphatic heterocycles. The molecule has 7 rings (SSSR count). The quantitative estimate of drug-likeness (QED) is 0.116. The number of rotatable bonds is 3. The van der Waals surface area contributed by atoms with Crippen molar-refractivity contribution in [3.05, 3.63) is 81.3 Å². The van der Waals surface area contributed by atoms with Gasteiger partial charge in [-0.1, -0.05) is 5.18 Å². The molecule has 0 aromatic heterocycles. The van der Waals surface area contributed by atoms with Gasteiger partial charge in [-0.2, -0.15) is 0 Å². The fourth-order valence-electron chi connectivity index (χ4n) is 6.62. The Kier molecular flexibility index (Phi) is 5.74. The lowest BCUT2D eigenvalue weighted by Gasteiger charge is -2.54. The lowest BCUT2D eigenvalue weighted by Crippen LogP contribution is -2.64. The molecule has 0 radical (unpaired) electrons. The van der Waals surface area contributed by atoms with E-state index in [1.54, 1.807) is 0 Å². The first-order valence-electron chi connectivity index (χ1n) is 13.6. The molecule has 0 aliphatic carbocycles. The molecule has 5 atom stereocenters. The number of aliphatic hydroxyl groups is 1. The van der Waals surface area contributed by atoms with E-state index in [0.29, 0.717) is 0 Å². The molecule has 236 valence electrons. The molecule has 15 nitrogen and oxygen atoms in total. The highest BCUT2D eigenvalue weighted by atomic mass is 16.7. The van der Waals surface area contributed by atoms with Crippen LogP contribution in [0.4, 0.5) is 0 Å². The number of aromatic hydroxyl groups is 8. The molecule has 0 saturated carbocycles. The number of ketones is 1. The van der Waals surface area contributed by atoms with Crippen LogP contribution < -0.4 is 14.2 Å². The molecular formula is C31H23NO14. The fraction of sp³-hybridized carbons (Fsp3) is 0.194. The average Bonchev–Trinajstić information content (AvgIpc) is 2.98. The highest BCUT2D eigenvalue weighted by molar-refractivity contribution is 6.07. The number of nitrogens with zero attached hydrogens (tertiary/aromatic N) is 1. The number of nitroso groups, excluding NO2 is 1. The first kappa shape index (κ1) is 28.7. The summed E-state index contributed by atoms with van der Waals surface area (Å²) in [5, 5.41) is 98.5. The van der Waals surface area contributed by atoms with Gasteiger partial charge in [0.2, 0.25) is 11.5 Å². The zero-order valence-electron chi connectivity index (χ0n) is 23.4. The standard InChI is InChI=1S/C31H23NO14/c1-30-21-16(37)7-11(33)8-18(21)45-31(29(30)42,10-2-4-13(34)15(36)6-10)46-19-9-17-20(26(40)22(19)30)27(41)23(32-43)28(44-17)12-3-5-14(35)25(39)24(12)38/h2-9,23,28-29,33-40,42H,1H3. The second kappa shape index (κ2) is 9.21. The maximum atomic E-state index is 13.8. The minimum absolute atomic E-state index is 0.0533. The Balaban J connectivity index is 1.51. The monoisotopic (exact) mass is 633 g/mol. The molecule has 46 heavy (non-hydrogen) atoms. The summed E-state index contributed by atoms with van der Waals surface area (Å²) in [4.78, 5) is 25.8. The Morgan fingerprint density at radius 3 is 2.07 bits per heavy atom. The zero-order chi connectivity index (χ0) is 33.0. The summed E-state index contributed by atoms with van der Waals surface area (Å²) in [5.74, 6) is -9.71. The number of aliphatic hydroxyl groups excluding tert-OH is 1. The van der Waals surface area contributed by atoms with Crippen molar-refractivity contribution in [1.82, 2.24) is 0 Å². The van der Waals surface area contributed by atoms with Crippen molar-refractivity contribution in [2.75, 3.05) is 0 Å². The van der Waals surface area contributed by atoms with Gasteiger partial charge in [0, 0.05) is 34.9 Å². The van der Waals surface area contributed by atoms with E-state index < -0.39 is 86.8 Å². The van der Waals surface area contributed by atoms with Crippen molar-refractivity contribution in [1.29, 1.82) is 0 Å².